The SMILES string of the molecule is CC(C)NC(=O)N1CCC[C@@H]1C(=O)Nc1ccccc1Oc1cccnc1. The molecule has 3 amide bonds. The Morgan fingerprint density at radius 3 is 2.78 bits per heavy atom. The Labute approximate surface area is 158 Å². The van der Waals surface area contributed by atoms with Gasteiger partial charge in [0.2, 0.25) is 5.91 Å². The summed E-state index contributed by atoms with van der Waals surface area (Å²) < 4.78 is 5.83. The second kappa shape index (κ2) is 8.53. The maximum atomic E-state index is 12.8. The molecule has 1 aliphatic heterocycles. The van der Waals surface area contributed by atoms with Crippen molar-refractivity contribution in [2.45, 2.75) is 38.8 Å². The molecule has 3 rings (SSSR count). The number of urea groups is 1. The highest BCUT2D eigenvalue weighted by atomic mass is 16.5. The molecule has 0 unspecified atom stereocenters. The zero-order valence-electron chi connectivity index (χ0n) is 15.5. The van der Waals surface area contributed by atoms with E-state index in [0.29, 0.717) is 30.2 Å². The third-order valence-corrected chi connectivity index (χ3v) is 4.24. The molecular formula is C20H24N4O3. The molecule has 0 spiro atoms. The average molecular weight is 368 g/mol. The molecule has 2 N–H and O–H groups in total. The van der Waals surface area contributed by atoms with Crippen molar-refractivity contribution in [3.8, 4) is 11.5 Å². The van der Waals surface area contributed by atoms with Crippen LogP contribution in [0.15, 0.2) is 48.8 Å². The van der Waals surface area contributed by atoms with Crippen LogP contribution in [0, 0.1) is 0 Å². The minimum atomic E-state index is -0.491. The standard InChI is InChI=1S/C20H24N4O3/c1-14(2)22-20(26)24-12-6-9-17(24)19(25)23-16-8-3-4-10-18(16)27-15-7-5-11-21-13-15/h3-5,7-8,10-11,13-14,17H,6,9,12H2,1-2H3,(H,22,26)(H,23,25)/t17-/m1/s1. The lowest BCUT2D eigenvalue weighted by Crippen LogP contribution is -2.49. The first-order valence-corrected chi connectivity index (χ1v) is 9.09. The van der Waals surface area contributed by atoms with Gasteiger partial charge in [0.25, 0.3) is 0 Å². The van der Waals surface area contributed by atoms with Crippen LogP contribution in [-0.2, 0) is 4.79 Å². The normalized spacial score (nSPS) is 16.3. The van der Waals surface area contributed by atoms with Gasteiger partial charge in [-0.3, -0.25) is 9.78 Å². The lowest BCUT2D eigenvalue weighted by molar-refractivity contribution is -0.119. The van der Waals surface area contributed by atoms with E-state index < -0.39 is 6.04 Å². The number of amides is 3. The fourth-order valence-electron chi connectivity index (χ4n) is 3.02. The number of nitrogens with one attached hydrogen (secondary N) is 2. The molecule has 1 aromatic heterocycles. The number of para-hydroxylation sites is 2. The molecule has 0 radical (unpaired) electrons. The van der Waals surface area contributed by atoms with Crippen molar-refractivity contribution < 1.29 is 14.3 Å². The third-order valence-electron chi connectivity index (χ3n) is 4.24. The van der Waals surface area contributed by atoms with Crippen LogP contribution in [0.5, 0.6) is 11.5 Å². The van der Waals surface area contributed by atoms with Gasteiger partial charge in [-0.25, -0.2) is 4.79 Å². The van der Waals surface area contributed by atoms with Crippen molar-refractivity contribution in [2.75, 3.05) is 11.9 Å². The summed E-state index contributed by atoms with van der Waals surface area (Å²) in [5.41, 5.74) is 0.558. The van der Waals surface area contributed by atoms with Crippen LogP contribution in [0.4, 0.5) is 10.5 Å². The highest BCUT2D eigenvalue weighted by Gasteiger charge is 2.34. The lowest BCUT2D eigenvalue weighted by Gasteiger charge is -2.25. The van der Waals surface area contributed by atoms with E-state index in [4.69, 9.17) is 4.74 Å². The van der Waals surface area contributed by atoms with Crippen LogP contribution in [-0.4, -0.2) is 40.5 Å². The summed E-state index contributed by atoms with van der Waals surface area (Å²) in [6, 6.07) is 10.1. The zero-order valence-corrected chi connectivity index (χ0v) is 15.5. The van der Waals surface area contributed by atoms with Crippen molar-refractivity contribution >= 4 is 17.6 Å². The van der Waals surface area contributed by atoms with Crippen LogP contribution < -0.4 is 15.4 Å². The molecule has 1 atom stereocenters. The van der Waals surface area contributed by atoms with Gasteiger partial charge >= 0.3 is 6.03 Å². The summed E-state index contributed by atoms with van der Waals surface area (Å²) in [5, 5.41) is 5.76. The first-order valence-electron chi connectivity index (χ1n) is 9.09. The first-order chi connectivity index (χ1) is 13.0. The second-order valence-electron chi connectivity index (χ2n) is 6.73. The number of rotatable bonds is 5. The molecule has 2 aromatic rings. The van der Waals surface area contributed by atoms with Crippen molar-refractivity contribution in [1.82, 2.24) is 15.2 Å². The van der Waals surface area contributed by atoms with E-state index in [1.807, 2.05) is 26.0 Å². The van der Waals surface area contributed by atoms with Crippen molar-refractivity contribution in [1.29, 1.82) is 0 Å². The van der Waals surface area contributed by atoms with Crippen LogP contribution >= 0.6 is 0 Å². The molecule has 27 heavy (non-hydrogen) atoms. The van der Waals surface area contributed by atoms with Gasteiger partial charge < -0.3 is 20.3 Å². The van der Waals surface area contributed by atoms with Gasteiger partial charge in [-0.1, -0.05) is 12.1 Å². The summed E-state index contributed by atoms with van der Waals surface area (Å²) in [5.74, 6) is 0.890. The monoisotopic (exact) mass is 368 g/mol. The van der Waals surface area contributed by atoms with Crippen LogP contribution in [0.2, 0.25) is 0 Å². The van der Waals surface area contributed by atoms with Gasteiger partial charge in [-0.2, -0.15) is 0 Å². The van der Waals surface area contributed by atoms with Gasteiger partial charge in [0.1, 0.15) is 11.8 Å². The van der Waals surface area contributed by atoms with Crippen molar-refractivity contribution in [3.05, 3.63) is 48.8 Å². The van der Waals surface area contributed by atoms with Crippen LogP contribution in [0.3, 0.4) is 0 Å². The highest BCUT2D eigenvalue weighted by molar-refractivity contribution is 5.98. The number of pyridine rings is 1. The number of nitrogens with zero attached hydrogens (tertiary/aromatic N) is 2. The molecule has 1 aliphatic rings. The van der Waals surface area contributed by atoms with E-state index in [1.54, 1.807) is 41.6 Å². The van der Waals surface area contributed by atoms with E-state index in [-0.39, 0.29) is 18.0 Å². The van der Waals surface area contributed by atoms with Crippen LogP contribution in [0.1, 0.15) is 26.7 Å². The Morgan fingerprint density at radius 2 is 2.04 bits per heavy atom. The van der Waals surface area contributed by atoms with Crippen LogP contribution in [0.25, 0.3) is 0 Å². The largest absolute Gasteiger partial charge is 0.454 e. The Hall–Kier alpha value is -3.09. The number of benzene rings is 1. The van der Waals surface area contributed by atoms with E-state index >= 15 is 0 Å². The van der Waals surface area contributed by atoms with E-state index in [2.05, 4.69) is 15.6 Å². The Bertz CT molecular complexity index is 795. The molecule has 1 saturated heterocycles. The number of hydrogen-bond acceptors (Lipinski definition) is 4. The summed E-state index contributed by atoms with van der Waals surface area (Å²) in [4.78, 5) is 30.8. The molecule has 1 fully saturated rings. The molecule has 7 nitrogen and oxygen atoms in total. The summed E-state index contributed by atoms with van der Waals surface area (Å²) in [7, 11) is 0. The smallest absolute Gasteiger partial charge is 0.318 e. The predicted molar refractivity (Wildman–Crippen MR) is 103 cm³/mol. The molecule has 0 aliphatic carbocycles. The zero-order chi connectivity index (χ0) is 19.2. The minimum Gasteiger partial charge on any atom is -0.454 e. The van der Waals surface area contributed by atoms with Crippen molar-refractivity contribution in [2.24, 2.45) is 0 Å². The Balaban J connectivity index is 1.71. The topological polar surface area (TPSA) is 83.6 Å². The number of carbonyl (C=O) groups is 2. The predicted octanol–water partition coefficient (Wildman–Crippen LogP) is 3.39. The summed E-state index contributed by atoms with van der Waals surface area (Å²) in [6.45, 7) is 4.37. The Morgan fingerprint density at radius 1 is 1.22 bits per heavy atom. The summed E-state index contributed by atoms with van der Waals surface area (Å²) >= 11 is 0. The van der Waals surface area contributed by atoms with Gasteiger partial charge in [0, 0.05) is 18.8 Å². The van der Waals surface area contributed by atoms with Crippen molar-refractivity contribution in [3.63, 3.8) is 0 Å². The minimum absolute atomic E-state index is 0.0235. The number of ether oxygens (including phenoxy) is 1. The van der Waals surface area contributed by atoms with Gasteiger partial charge in [0.15, 0.2) is 5.75 Å². The first kappa shape index (κ1) is 18.7. The number of anilines is 1. The molecule has 1 aromatic carbocycles. The lowest BCUT2D eigenvalue weighted by atomic mass is 10.2. The maximum Gasteiger partial charge on any atom is 0.318 e. The number of aromatic nitrogens is 1. The maximum absolute atomic E-state index is 12.8. The number of carbonyl (C=O) groups excluding carboxylic acids is 2. The molecule has 142 valence electrons. The van der Waals surface area contributed by atoms with Gasteiger partial charge in [-0.15, -0.1) is 0 Å². The molecule has 0 saturated carbocycles. The Kier molecular flexibility index (Phi) is 5.90. The molecular weight excluding hydrogens is 344 g/mol. The third kappa shape index (κ3) is 4.75. The average Bonchev–Trinajstić information content (AvgIpc) is 3.14. The van der Waals surface area contributed by atoms with Gasteiger partial charge in [0.05, 0.1) is 11.9 Å². The fraction of sp³-hybridized carbons (Fsp3) is 0.350. The fourth-order valence-corrected chi connectivity index (χ4v) is 3.02. The highest BCUT2D eigenvalue weighted by Crippen LogP contribution is 2.29. The number of likely N-dealkylation sites (tertiary alicyclic amines) is 1. The summed E-state index contributed by atoms with van der Waals surface area (Å²) in [6.07, 6.45) is 4.71. The molecule has 7 heteroatoms. The second-order valence-corrected chi connectivity index (χ2v) is 6.73. The quantitative estimate of drug-likeness (QED) is 0.847. The molecule has 2 heterocycles. The van der Waals surface area contributed by atoms with E-state index in [0.717, 1.165) is 6.42 Å². The molecule has 0 bridgehead atoms. The number of hydrogen-bond donors (Lipinski definition) is 2. The van der Waals surface area contributed by atoms with Gasteiger partial charge in [-0.05, 0) is 51.0 Å². The van der Waals surface area contributed by atoms with E-state index in [1.165, 1.54) is 0 Å². The van der Waals surface area contributed by atoms with E-state index in [9.17, 15) is 9.59 Å².